The predicted octanol–water partition coefficient (Wildman–Crippen LogP) is 2.30. The lowest BCUT2D eigenvalue weighted by atomic mass is 10.1. The van der Waals surface area contributed by atoms with Gasteiger partial charge in [-0.2, -0.15) is 0 Å². The zero-order valence-electron chi connectivity index (χ0n) is 10.6. The summed E-state index contributed by atoms with van der Waals surface area (Å²) in [6.07, 6.45) is 3.47. The number of hydrogen-bond donors (Lipinski definition) is 0. The second-order valence-corrected chi connectivity index (χ2v) is 4.28. The van der Waals surface area contributed by atoms with Gasteiger partial charge in [-0.3, -0.25) is 4.79 Å². The van der Waals surface area contributed by atoms with E-state index in [9.17, 15) is 4.79 Å². The Bertz CT molecular complexity index is 546. The quantitative estimate of drug-likeness (QED) is 0.775. The van der Waals surface area contributed by atoms with E-state index in [4.69, 9.17) is 4.74 Å². The lowest BCUT2D eigenvalue weighted by molar-refractivity contribution is -0.142. The van der Waals surface area contributed by atoms with Crippen LogP contribution in [0.3, 0.4) is 0 Å². The normalized spacial score (nSPS) is 10.3. The van der Waals surface area contributed by atoms with E-state index in [-0.39, 0.29) is 12.6 Å². The maximum atomic E-state index is 10.8. The molecule has 0 unspecified atom stereocenters. The number of aryl methyl sites for hydroxylation is 1. The summed E-state index contributed by atoms with van der Waals surface area (Å²) in [6, 6.07) is 8.31. The van der Waals surface area contributed by atoms with E-state index >= 15 is 0 Å². The highest BCUT2D eigenvalue weighted by Gasteiger charge is 2.04. The number of imidazole rings is 1. The highest BCUT2D eigenvalue weighted by Crippen LogP contribution is 2.09. The van der Waals surface area contributed by atoms with Crippen LogP contribution in [-0.2, 0) is 22.7 Å². The molecule has 0 aliphatic rings. The third-order valence-electron chi connectivity index (χ3n) is 2.66. The van der Waals surface area contributed by atoms with Crippen LogP contribution in [0.25, 0.3) is 0 Å². The lowest BCUT2D eigenvalue weighted by Gasteiger charge is -2.08. The molecule has 1 heterocycles. The van der Waals surface area contributed by atoms with Gasteiger partial charge in [0.25, 0.3) is 0 Å². The highest BCUT2D eigenvalue weighted by molar-refractivity contribution is 5.65. The number of rotatable bonds is 4. The van der Waals surface area contributed by atoms with Crippen LogP contribution in [0.5, 0.6) is 0 Å². The molecule has 0 saturated carbocycles. The van der Waals surface area contributed by atoms with Crippen LogP contribution in [0.4, 0.5) is 0 Å². The van der Waals surface area contributed by atoms with Crippen molar-refractivity contribution in [3.63, 3.8) is 0 Å². The number of hydrogen-bond acceptors (Lipinski definition) is 3. The van der Waals surface area contributed by atoms with Crippen molar-refractivity contribution in [2.24, 2.45) is 0 Å². The molecule has 4 nitrogen and oxygen atoms in total. The van der Waals surface area contributed by atoms with Crippen LogP contribution in [0.2, 0.25) is 0 Å². The molecule has 0 bridgehead atoms. The van der Waals surface area contributed by atoms with Crippen molar-refractivity contribution >= 4 is 5.97 Å². The molecule has 1 aromatic carbocycles. The van der Waals surface area contributed by atoms with Gasteiger partial charge >= 0.3 is 5.97 Å². The summed E-state index contributed by atoms with van der Waals surface area (Å²) in [4.78, 5) is 14.9. The van der Waals surface area contributed by atoms with Crippen molar-refractivity contribution in [3.05, 3.63) is 53.6 Å². The van der Waals surface area contributed by atoms with Crippen LogP contribution in [0.15, 0.2) is 36.8 Å². The summed E-state index contributed by atoms with van der Waals surface area (Å²) in [5, 5.41) is 0. The predicted molar refractivity (Wildman–Crippen MR) is 68.0 cm³/mol. The third kappa shape index (κ3) is 3.20. The van der Waals surface area contributed by atoms with E-state index in [0.29, 0.717) is 0 Å². The Balaban J connectivity index is 2.10. The van der Waals surface area contributed by atoms with Crippen molar-refractivity contribution < 1.29 is 9.53 Å². The fourth-order valence-electron chi connectivity index (χ4n) is 1.79. The van der Waals surface area contributed by atoms with E-state index in [0.717, 1.165) is 12.2 Å². The number of carbonyl (C=O) groups excluding carboxylic acids is 1. The first kappa shape index (κ1) is 12.4. The third-order valence-corrected chi connectivity index (χ3v) is 2.66. The van der Waals surface area contributed by atoms with Gasteiger partial charge in [0.2, 0.25) is 0 Å². The first-order chi connectivity index (χ1) is 8.65. The van der Waals surface area contributed by atoms with Crippen LogP contribution < -0.4 is 0 Å². The highest BCUT2D eigenvalue weighted by atomic mass is 16.5. The number of ether oxygens (including phenoxy) is 1. The van der Waals surface area contributed by atoms with E-state index in [1.165, 1.54) is 18.1 Å². The lowest BCUT2D eigenvalue weighted by Crippen LogP contribution is -2.07. The van der Waals surface area contributed by atoms with Crippen LogP contribution in [-0.4, -0.2) is 15.5 Å². The zero-order valence-corrected chi connectivity index (χ0v) is 10.6. The number of carbonyl (C=O) groups is 1. The molecule has 0 radical (unpaired) electrons. The fraction of sp³-hybridized carbons (Fsp3) is 0.286. The number of nitrogens with zero attached hydrogens (tertiary/aromatic N) is 2. The van der Waals surface area contributed by atoms with E-state index in [1.807, 2.05) is 10.6 Å². The maximum absolute atomic E-state index is 10.8. The smallest absolute Gasteiger partial charge is 0.303 e. The van der Waals surface area contributed by atoms with E-state index in [2.05, 4.69) is 30.1 Å². The SMILES string of the molecule is CC(=O)OCc1cncn1Cc1cccc(C)c1. The van der Waals surface area contributed by atoms with Gasteiger partial charge < -0.3 is 9.30 Å². The molecule has 0 amide bonds. The van der Waals surface area contributed by atoms with Gasteiger partial charge in [0, 0.05) is 13.5 Å². The monoisotopic (exact) mass is 244 g/mol. The van der Waals surface area contributed by atoms with E-state index < -0.39 is 0 Å². The molecule has 94 valence electrons. The molecule has 2 aromatic rings. The Morgan fingerprint density at radius 3 is 3.00 bits per heavy atom. The van der Waals surface area contributed by atoms with Gasteiger partial charge in [0.15, 0.2) is 0 Å². The minimum Gasteiger partial charge on any atom is -0.459 e. The summed E-state index contributed by atoms with van der Waals surface area (Å²) in [5.74, 6) is -0.279. The van der Waals surface area contributed by atoms with E-state index in [1.54, 1.807) is 12.5 Å². The molecular weight excluding hydrogens is 228 g/mol. The fourth-order valence-corrected chi connectivity index (χ4v) is 1.79. The molecule has 1 aromatic heterocycles. The zero-order chi connectivity index (χ0) is 13.0. The Kier molecular flexibility index (Phi) is 3.77. The summed E-state index contributed by atoms with van der Waals surface area (Å²) < 4.78 is 6.97. The second kappa shape index (κ2) is 5.49. The van der Waals surface area contributed by atoms with Gasteiger partial charge in [-0.05, 0) is 12.5 Å². The Morgan fingerprint density at radius 2 is 2.28 bits per heavy atom. The largest absolute Gasteiger partial charge is 0.459 e. The van der Waals surface area contributed by atoms with Crippen molar-refractivity contribution in [1.29, 1.82) is 0 Å². The van der Waals surface area contributed by atoms with Crippen molar-refractivity contribution in [2.75, 3.05) is 0 Å². The average Bonchev–Trinajstić information content (AvgIpc) is 2.74. The topological polar surface area (TPSA) is 44.1 Å². The summed E-state index contributed by atoms with van der Waals surface area (Å²) in [6.45, 7) is 4.47. The van der Waals surface area contributed by atoms with Gasteiger partial charge in [0.1, 0.15) is 6.61 Å². The van der Waals surface area contributed by atoms with Crippen LogP contribution in [0.1, 0.15) is 23.7 Å². The standard InChI is InChI=1S/C14H16N2O2/c1-11-4-3-5-13(6-11)8-16-10-15-7-14(16)9-18-12(2)17/h3-7,10H,8-9H2,1-2H3. The summed E-state index contributed by atoms with van der Waals surface area (Å²) in [7, 11) is 0. The second-order valence-electron chi connectivity index (χ2n) is 4.28. The molecule has 0 N–H and O–H groups in total. The molecular formula is C14H16N2O2. The van der Waals surface area contributed by atoms with Crippen molar-refractivity contribution in [3.8, 4) is 0 Å². The molecule has 2 rings (SSSR count). The van der Waals surface area contributed by atoms with Crippen molar-refractivity contribution in [2.45, 2.75) is 27.0 Å². The first-order valence-corrected chi connectivity index (χ1v) is 5.83. The van der Waals surface area contributed by atoms with Gasteiger partial charge in [-0.15, -0.1) is 0 Å². The van der Waals surface area contributed by atoms with Gasteiger partial charge in [0.05, 0.1) is 18.2 Å². The molecule has 0 aliphatic carbocycles. The average molecular weight is 244 g/mol. The molecule has 0 atom stereocenters. The number of aromatic nitrogens is 2. The first-order valence-electron chi connectivity index (χ1n) is 5.83. The van der Waals surface area contributed by atoms with Crippen LogP contribution >= 0.6 is 0 Å². The maximum Gasteiger partial charge on any atom is 0.303 e. The molecule has 0 spiro atoms. The minimum absolute atomic E-state index is 0.265. The van der Waals surface area contributed by atoms with Crippen molar-refractivity contribution in [1.82, 2.24) is 9.55 Å². The Morgan fingerprint density at radius 1 is 1.44 bits per heavy atom. The molecule has 0 saturated heterocycles. The van der Waals surface area contributed by atoms with Crippen LogP contribution in [0, 0.1) is 6.92 Å². The Labute approximate surface area is 106 Å². The summed E-state index contributed by atoms with van der Waals surface area (Å²) >= 11 is 0. The van der Waals surface area contributed by atoms with Gasteiger partial charge in [-0.25, -0.2) is 4.98 Å². The minimum atomic E-state index is -0.279. The molecule has 4 heteroatoms. The molecule has 18 heavy (non-hydrogen) atoms. The number of benzene rings is 1. The van der Waals surface area contributed by atoms with Gasteiger partial charge in [-0.1, -0.05) is 29.8 Å². The Hall–Kier alpha value is -2.10. The molecule has 0 fully saturated rings. The summed E-state index contributed by atoms with van der Waals surface area (Å²) in [5.41, 5.74) is 3.33. The number of esters is 1. The molecule has 0 aliphatic heterocycles.